The molecule has 0 saturated carbocycles. The number of carbonyl (C=O) groups excluding carboxylic acids is 1. The number of carbonyl (C=O) groups is 1. The Labute approximate surface area is 154 Å². The van der Waals surface area contributed by atoms with Crippen LogP contribution in [0.25, 0.3) is 0 Å². The molecule has 0 atom stereocenters. The predicted molar refractivity (Wildman–Crippen MR) is 96.6 cm³/mol. The van der Waals surface area contributed by atoms with Crippen LogP contribution in [0.3, 0.4) is 0 Å². The summed E-state index contributed by atoms with van der Waals surface area (Å²) in [6.45, 7) is 6.52. The first-order valence-electron chi connectivity index (χ1n) is 7.61. The van der Waals surface area contributed by atoms with E-state index >= 15 is 0 Å². The Balaban J connectivity index is 1.70. The third kappa shape index (κ3) is 3.67. The summed E-state index contributed by atoms with van der Waals surface area (Å²) in [7, 11) is 0. The summed E-state index contributed by atoms with van der Waals surface area (Å²) >= 11 is 9.39. The molecule has 3 rings (SSSR count). The lowest BCUT2D eigenvalue weighted by atomic mass is 10.2. The molecular weight excluding hydrogens is 394 g/mol. The Bertz CT molecular complexity index is 757. The first kappa shape index (κ1) is 17.1. The molecule has 0 aliphatic carbocycles. The summed E-state index contributed by atoms with van der Waals surface area (Å²) in [5.74, 6) is 1.58. The van der Waals surface area contributed by atoms with E-state index in [0.717, 1.165) is 34.9 Å². The Kier molecular flexibility index (Phi) is 5.01. The van der Waals surface area contributed by atoms with Gasteiger partial charge in [-0.05, 0) is 35.8 Å². The van der Waals surface area contributed by atoms with E-state index in [9.17, 15) is 4.79 Å². The standard InChI is InChI=1S/C16H17BrClN5O/c1-10-7-14(21-11(2)20-10)22-3-5-23(6-4-22)16(24)13-8-12(17)9-19-15(13)18/h7-9H,3-6H2,1-2H3. The van der Waals surface area contributed by atoms with Gasteiger partial charge in [0.25, 0.3) is 5.91 Å². The van der Waals surface area contributed by atoms with Crippen molar-refractivity contribution in [2.75, 3.05) is 31.1 Å². The van der Waals surface area contributed by atoms with Gasteiger partial charge in [-0.3, -0.25) is 4.79 Å². The van der Waals surface area contributed by atoms with E-state index in [0.29, 0.717) is 18.7 Å². The van der Waals surface area contributed by atoms with E-state index in [1.165, 1.54) is 0 Å². The number of nitrogens with zero attached hydrogens (tertiary/aromatic N) is 5. The fraction of sp³-hybridized carbons (Fsp3) is 0.375. The van der Waals surface area contributed by atoms with E-state index in [-0.39, 0.29) is 11.1 Å². The number of aryl methyl sites for hydroxylation is 2. The van der Waals surface area contributed by atoms with Crippen LogP contribution in [0, 0.1) is 13.8 Å². The maximum Gasteiger partial charge on any atom is 0.257 e. The van der Waals surface area contributed by atoms with Crippen molar-refractivity contribution in [1.29, 1.82) is 0 Å². The van der Waals surface area contributed by atoms with E-state index in [2.05, 4.69) is 35.8 Å². The number of amides is 1. The molecule has 1 amide bonds. The molecule has 2 aromatic heterocycles. The van der Waals surface area contributed by atoms with E-state index in [1.54, 1.807) is 17.2 Å². The number of anilines is 1. The van der Waals surface area contributed by atoms with Gasteiger partial charge in [-0.25, -0.2) is 15.0 Å². The predicted octanol–water partition coefficient (Wildman–Crippen LogP) is 2.87. The molecule has 0 N–H and O–H groups in total. The number of halogens is 2. The summed E-state index contributed by atoms with van der Waals surface area (Å²) in [5, 5.41) is 0.229. The highest BCUT2D eigenvalue weighted by atomic mass is 79.9. The molecule has 0 aromatic carbocycles. The average molecular weight is 411 g/mol. The Morgan fingerprint density at radius 2 is 1.88 bits per heavy atom. The highest BCUT2D eigenvalue weighted by Gasteiger charge is 2.25. The monoisotopic (exact) mass is 409 g/mol. The molecule has 2 aromatic rings. The molecule has 8 heteroatoms. The van der Waals surface area contributed by atoms with Crippen LogP contribution in [0.1, 0.15) is 21.9 Å². The molecule has 6 nitrogen and oxygen atoms in total. The third-order valence-electron chi connectivity index (χ3n) is 3.88. The van der Waals surface area contributed by atoms with Gasteiger partial charge in [0.1, 0.15) is 16.8 Å². The summed E-state index contributed by atoms with van der Waals surface area (Å²) < 4.78 is 0.737. The Hall–Kier alpha value is -1.73. The van der Waals surface area contributed by atoms with Crippen LogP contribution in [0.5, 0.6) is 0 Å². The molecule has 0 radical (unpaired) electrons. The maximum atomic E-state index is 12.7. The minimum absolute atomic E-state index is 0.0940. The number of pyridine rings is 1. The van der Waals surface area contributed by atoms with Crippen LogP contribution in [0.2, 0.25) is 5.15 Å². The zero-order valence-corrected chi connectivity index (χ0v) is 15.8. The summed E-state index contributed by atoms with van der Waals surface area (Å²) in [6.07, 6.45) is 1.58. The smallest absolute Gasteiger partial charge is 0.257 e. The lowest BCUT2D eigenvalue weighted by Gasteiger charge is -2.35. The molecule has 24 heavy (non-hydrogen) atoms. The normalized spacial score (nSPS) is 14.8. The van der Waals surface area contributed by atoms with Gasteiger partial charge in [0.05, 0.1) is 5.56 Å². The van der Waals surface area contributed by atoms with Crippen LogP contribution in [0.15, 0.2) is 22.8 Å². The van der Waals surface area contributed by atoms with Gasteiger partial charge < -0.3 is 9.80 Å². The second kappa shape index (κ2) is 7.03. The van der Waals surface area contributed by atoms with Gasteiger partial charge in [-0.2, -0.15) is 0 Å². The maximum absolute atomic E-state index is 12.7. The zero-order chi connectivity index (χ0) is 17.3. The third-order valence-corrected chi connectivity index (χ3v) is 4.61. The van der Waals surface area contributed by atoms with Crippen molar-refractivity contribution in [2.24, 2.45) is 0 Å². The number of rotatable bonds is 2. The highest BCUT2D eigenvalue weighted by Crippen LogP contribution is 2.21. The molecule has 0 unspecified atom stereocenters. The molecule has 3 heterocycles. The van der Waals surface area contributed by atoms with Crippen molar-refractivity contribution in [1.82, 2.24) is 19.9 Å². The molecule has 1 aliphatic heterocycles. The largest absolute Gasteiger partial charge is 0.353 e. The van der Waals surface area contributed by atoms with Gasteiger partial charge in [0.15, 0.2) is 0 Å². The molecule has 1 saturated heterocycles. The molecule has 0 bridgehead atoms. The zero-order valence-electron chi connectivity index (χ0n) is 13.5. The number of aromatic nitrogens is 3. The summed E-state index contributed by atoms with van der Waals surface area (Å²) in [6, 6.07) is 3.68. The molecular formula is C16H17BrClN5O. The Morgan fingerprint density at radius 3 is 2.54 bits per heavy atom. The summed E-state index contributed by atoms with van der Waals surface area (Å²) in [5.41, 5.74) is 1.37. The minimum Gasteiger partial charge on any atom is -0.353 e. The lowest BCUT2D eigenvalue weighted by molar-refractivity contribution is 0.0746. The van der Waals surface area contributed by atoms with Gasteiger partial charge in [-0.1, -0.05) is 11.6 Å². The fourth-order valence-corrected chi connectivity index (χ4v) is 3.26. The minimum atomic E-state index is -0.0940. The number of hydrogen-bond acceptors (Lipinski definition) is 5. The molecule has 1 aliphatic rings. The van der Waals surface area contributed by atoms with Crippen LogP contribution in [-0.4, -0.2) is 51.9 Å². The topological polar surface area (TPSA) is 62.2 Å². The van der Waals surface area contributed by atoms with Crippen molar-refractivity contribution in [3.8, 4) is 0 Å². The number of piperazine rings is 1. The van der Waals surface area contributed by atoms with Crippen LogP contribution in [0.4, 0.5) is 5.82 Å². The van der Waals surface area contributed by atoms with Gasteiger partial charge in [-0.15, -0.1) is 0 Å². The van der Waals surface area contributed by atoms with E-state index in [4.69, 9.17) is 11.6 Å². The number of hydrogen-bond donors (Lipinski definition) is 0. The van der Waals surface area contributed by atoms with Crippen molar-refractivity contribution in [3.05, 3.63) is 45.0 Å². The second-order valence-corrected chi connectivity index (χ2v) is 6.96. The van der Waals surface area contributed by atoms with Gasteiger partial charge in [0.2, 0.25) is 0 Å². The van der Waals surface area contributed by atoms with Crippen LogP contribution < -0.4 is 4.90 Å². The second-order valence-electron chi connectivity index (χ2n) is 5.69. The SMILES string of the molecule is Cc1cc(N2CCN(C(=O)c3cc(Br)cnc3Cl)CC2)nc(C)n1. The van der Waals surface area contributed by atoms with Crippen molar-refractivity contribution in [2.45, 2.75) is 13.8 Å². The lowest BCUT2D eigenvalue weighted by Crippen LogP contribution is -2.49. The fourth-order valence-electron chi connectivity index (χ4n) is 2.74. The van der Waals surface area contributed by atoms with Crippen LogP contribution in [-0.2, 0) is 0 Å². The molecule has 0 spiro atoms. The highest BCUT2D eigenvalue weighted by molar-refractivity contribution is 9.10. The average Bonchev–Trinajstić information content (AvgIpc) is 2.56. The van der Waals surface area contributed by atoms with Gasteiger partial charge in [0, 0.05) is 48.6 Å². The van der Waals surface area contributed by atoms with Crippen molar-refractivity contribution < 1.29 is 4.79 Å². The van der Waals surface area contributed by atoms with Crippen LogP contribution >= 0.6 is 27.5 Å². The molecule has 126 valence electrons. The molecule has 1 fully saturated rings. The van der Waals surface area contributed by atoms with E-state index in [1.807, 2.05) is 19.9 Å². The Morgan fingerprint density at radius 1 is 1.17 bits per heavy atom. The van der Waals surface area contributed by atoms with Crippen molar-refractivity contribution in [3.63, 3.8) is 0 Å². The quantitative estimate of drug-likeness (QED) is 0.713. The van der Waals surface area contributed by atoms with Crippen molar-refractivity contribution >= 4 is 39.3 Å². The first-order valence-corrected chi connectivity index (χ1v) is 8.78. The van der Waals surface area contributed by atoms with E-state index < -0.39 is 0 Å². The summed E-state index contributed by atoms with van der Waals surface area (Å²) in [4.78, 5) is 29.4. The van der Waals surface area contributed by atoms with Gasteiger partial charge >= 0.3 is 0 Å². The first-order chi connectivity index (χ1) is 11.4.